The second-order valence-electron chi connectivity index (χ2n) is 2.62. The Kier molecular flexibility index (Phi) is 4.47. The Morgan fingerprint density at radius 1 is 1.57 bits per heavy atom. The number of hydrogen-bond acceptors (Lipinski definition) is 1. The lowest BCUT2D eigenvalue weighted by molar-refractivity contribution is 0.0958. The predicted octanol–water partition coefficient (Wildman–Crippen LogP) is 2.04. The Hall–Kier alpha value is -1.02. The zero-order chi connectivity index (χ0) is 10.4. The zero-order valence-electron chi connectivity index (χ0n) is 7.80. The molecule has 0 spiro atoms. The van der Waals surface area contributed by atoms with Crippen LogP contribution in [-0.4, -0.2) is 12.5 Å². The molecule has 0 fully saturated rings. The van der Waals surface area contributed by atoms with Gasteiger partial charge in [0.15, 0.2) is 0 Å². The molecule has 0 heterocycles. The first kappa shape index (κ1) is 11.1. The molecule has 1 amide bonds. The topological polar surface area (TPSA) is 29.1 Å². The number of carbonyl (C=O) groups is 1. The molecule has 1 N–H and O–H groups in total. The molecule has 1 rings (SSSR count). The quantitative estimate of drug-likeness (QED) is 0.657. The molecule has 1 aromatic carbocycles. The van der Waals surface area contributed by atoms with E-state index in [2.05, 4.69) is 39.7 Å². The molecule has 0 bridgehead atoms. The van der Waals surface area contributed by atoms with Crippen LogP contribution < -0.4 is 5.32 Å². The van der Waals surface area contributed by atoms with E-state index in [1.54, 1.807) is 13.0 Å². The van der Waals surface area contributed by atoms with Crippen molar-refractivity contribution in [3.63, 3.8) is 0 Å². The van der Waals surface area contributed by atoms with E-state index in [-0.39, 0.29) is 5.91 Å². The van der Waals surface area contributed by atoms with Crippen LogP contribution in [0.25, 0.3) is 0 Å². The van der Waals surface area contributed by atoms with Crippen LogP contribution in [0.1, 0.15) is 17.3 Å². The number of rotatable bonds is 2. The van der Waals surface area contributed by atoms with E-state index in [1.807, 2.05) is 18.2 Å². The van der Waals surface area contributed by atoms with Gasteiger partial charge in [0.05, 0.1) is 6.54 Å². The summed E-state index contributed by atoms with van der Waals surface area (Å²) in [5.74, 6) is 5.42. The Morgan fingerprint density at radius 2 is 2.36 bits per heavy atom. The minimum Gasteiger partial charge on any atom is -0.341 e. The summed E-state index contributed by atoms with van der Waals surface area (Å²) in [7, 11) is 0. The summed E-state index contributed by atoms with van der Waals surface area (Å²) in [5, 5.41) is 2.71. The highest BCUT2D eigenvalue weighted by Crippen LogP contribution is 2.07. The summed E-state index contributed by atoms with van der Waals surface area (Å²) < 4.78 is 1.05. The molecule has 0 aliphatic heterocycles. The summed E-state index contributed by atoms with van der Waals surface area (Å²) in [4.78, 5) is 11.5. The average molecular weight is 299 g/mol. The predicted molar refractivity (Wildman–Crippen MR) is 64.9 cm³/mol. The number of carbonyl (C=O) groups excluding carboxylic acids is 1. The zero-order valence-corrected chi connectivity index (χ0v) is 9.96. The minimum absolute atomic E-state index is 0.0775. The van der Waals surface area contributed by atoms with Crippen LogP contribution in [-0.2, 0) is 0 Å². The highest BCUT2D eigenvalue weighted by molar-refractivity contribution is 14.1. The molecule has 0 aliphatic rings. The molecule has 1 aromatic rings. The molecule has 0 saturated carbocycles. The standard InChI is InChI=1S/C11H10INO/c1-2-3-7-13-11(14)9-5-4-6-10(12)8-9/h4-6,8H,7H2,1H3,(H,13,14). The van der Waals surface area contributed by atoms with Crippen LogP contribution in [0.4, 0.5) is 0 Å². The number of benzene rings is 1. The molecule has 0 atom stereocenters. The highest BCUT2D eigenvalue weighted by atomic mass is 127. The van der Waals surface area contributed by atoms with Crippen molar-refractivity contribution in [1.82, 2.24) is 5.32 Å². The summed E-state index contributed by atoms with van der Waals surface area (Å²) in [5.41, 5.74) is 0.676. The van der Waals surface area contributed by atoms with Crippen LogP contribution >= 0.6 is 22.6 Å². The van der Waals surface area contributed by atoms with Gasteiger partial charge < -0.3 is 5.32 Å². The summed E-state index contributed by atoms with van der Waals surface area (Å²) >= 11 is 2.18. The monoisotopic (exact) mass is 299 g/mol. The van der Waals surface area contributed by atoms with Gasteiger partial charge in [-0.25, -0.2) is 0 Å². The van der Waals surface area contributed by atoms with E-state index in [0.717, 1.165) is 3.57 Å². The molecule has 0 aliphatic carbocycles. The number of halogens is 1. The van der Waals surface area contributed by atoms with Crippen molar-refractivity contribution in [2.75, 3.05) is 6.54 Å². The van der Waals surface area contributed by atoms with E-state index >= 15 is 0 Å². The first-order valence-corrected chi connectivity index (χ1v) is 5.25. The minimum atomic E-state index is -0.0775. The molecule has 2 nitrogen and oxygen atoms in total. The normalized spacial score (nSPS) is 8.71. The van der Waals surface area contributed by atoms with E-state index in [9.17, 15) is 4.79 Å². The number of nitrogens with one attached hydrogen (secondary N) is 1. The van der Waals surface area contributed by atoms with Gasteiger partial charge in [-0.1, -0.05) is 12.0 Å². The van der Waals surface area contributed by atoms with Gasteiger partial charge in [-0.05, 0) is 47.7 Å². The molecule has 0 unspecified atom stereocenters. The van der Waals surface area contributed by atoms with Crippen molar-refractivity contribution < 1.29 is 4.79 Å². The van der Waals surface area contributed by atoms with Gasteiger partial charge in [0.2, 0.25) is 0 Å². The second-order valence-corrected chi connectivity index (χ2v) is 3.87. The smallest absolute Gasteiger partial charge is 0.252 e. The Labute approximate surface area is 97.2 Å². The van der Waals surface area contributed by atoms with Crippen molar-refractivity contribution in [3.05, 3.63) is 33.4 Å². The van der Waals surface area contributed by atoms with Crippen molar-refractivity contribution in [2.45, 2.75) is 6.92 Å². The molecule has 0 radical (unpaired) electrons. The van der Waals surface area contributed by atoms with Gasteiger partial charge >= 0.3 is 0 Å². The molecular weight excluding hydrogens is 289 g/mol. The van der Waals surface area contributed by atoms with Gasteiger partial charge in [0.25, 0.3) is 5.91 Å². The van der Waals surface area contributed by atoms with E-state index in [1.165, 1.54) is 0 Å². The van der Waals surface area contributed by atoms with Crippen LogP contribution in [0.15, 0.2) is 24.3 Å². The molecular formula is C11H10INO. The summed E-state index contributed by atoms with van der Waals surface area (Å²) in [6.07, 6.45) is 0. The third-order valence-corrected chi connectivity index (χ3v) is 2.27. The molecule has 0 aromatic heterocycles. The lowest BCUT2D eigenvalue weighted by atomic mass is 10.2. The van der Waals surface area contributed by atoms with E-state index in [0.29, 0.717) is 12.1 Å². The maximum Gasteiger partial charge on any atom is 0.252 e. The molecule has 3 heteroatoms. The second kappa shape index (κ2) is 5.66. The average Bonchev–Trinajstić information content (AvgIpc) is 2.18. The molecule has 14 heavy (non-hydrogen) atoms. The van der Waals surface area contributed by atoms with Gasteiger partial charge in [-0.15, -0.1) is 5.92 Å². The van der Waals surface area contributed by atoms with Crippen molar-refractivity contribution >= 4 is 28.5 Å². The first-order valence-electron chi connectivity index (χ1n) is 4.17. The maximum absolute atomic E-state index is 11.5. The number of hydrogen-bond donors (Lipinski definition) is 1. The van der Waals surface area contributed by atoms with E-state index in [4.69, 9.17) is 0 Å². The fourth-order valence-electron chi connectivity index (χ4n) is 0.945. The molecule has 72 valence electrons. The van der Waals surface area contributed by atoms with Crippen molar-refractivity contribution in [3.8, 4) is 11.8 Å². The SMILES string of the molecule is CC#CCNC(=O)c1cccc(I)c1. The van der Waals surface area contributed by atoms with Gasteiger partial charge in [-0.3, -0.25) is 4.79 Å². The van der Waals surface area contributed by atoms with Crippen LogP contribution in [0, 0.1) is 15.4 Å². The number of amides is 1. The molecule has 0 saturated heterocycles. The fraction of sp³-hybridized carbons (Fsp3) is 0.182. The van der Waals surface area contributed by atoms with Crippen LogP contribution in [0.5, 0.6) is 0 Å². The van der Waals surface area contributed by atoms with Crippen molar-refractivity contribution in [1.29, 1.82) is 0 Å². The Bertz CT molecular complexity index is 390. The Balaban J connectivity index is 2.63. The third-order valence-electron chi connectivity index (χ3n) is 1.60. The van der Waals surface area contributed by atoms with Crippen LogP contribution in [0.2, 0.25) is 0 Å². The summed E-state index contributed by atoms with van der Waals surface area (Å²) in [6.45, 7) is 2.15. The fourth-order valence-corrected chi connectivity index (χ4v) is 1.49. The lowest BCUT2D eigenvalue weighted by Crippen LogP contribution is -2.23. The first-order chi connectivity index (χ1) is 6.74. The van der Waals surface area contributed by atoms with Gasteiger partial charge in [0, 0.05) is 9.13 Å². The third kappa shape index (κ3) is 3.38. The van der Waals surface area contributed by atoms with Crippen molar-refractivity contribution in [2.24, 2.45) is 0 Å². The highest BCUT2D eigenvalue weighted by Gasteiger charge is 2.03. The van der Waals surface area contributed by atoms with E-state index < -0.39 is 0 Å². The maximum atomic E-state index is 11.5. The van der Waals surface area contributed by atoms with Gasteiger partial charge in [-0.2, -0.15) is 0 Å². The Morgan fingerprint density at radius 3 is 3.00 bits per heavy atom. The lowest BCUT2D eigenvalue weighted by Gasteiger charge is -2.01. The summed E-state index contributed by atoms with van der Waals surface area (Å²) in [6, 6.07) is 7.44. The van der Waals surface area contributed by atoms with Crippen LogP contribution in [0.3, 0.4) is 0 Å². The largest absolute Gasteiger partial charge is 0.341 e. The van der Waals surface area contributed by atoms with Gasteiger partial charge in [0.1, 0.15) is 0 Å².